The van der Waals surface area contributed by atoms with Crippen LogP contribution in [0.25, 0.3) is 0 Å². The summed E-state index contributed by atoms with van der Waals surface area (Å²) in [5.41, 5.74) is 0.999. The maximum atomic E-state index is 12.7. The summed E-state index contributed by atoms with van der Waals surface area (Å²) >= 11 is 0. The van der Waals surface area contributed by atoms with Crippen LogP contribution in [0, 0.1) is 0 Å². The number of benzene rings is 2. The average Bonchev–Trinajstić information content (AvgIpc) is 2.74. The second-order valence-electron chi connectivity index (χ2n) is 6.54. The average molecular weight is 430 g/mol. The van der Waals surface area contributed by atoms with Gasteiger partial charge in [0, 0.05) is 6.07 Å². The third-order valence-corrected chi connectivity index (χ3v) is 6.50. The maximum absolute atomic E-state index is 12.7. The van der Waals surface area contributed by atoms with Gasteiger partial charge in [0.2, 0.25) is 11.9 Å². The Morgan fingerprint density at radius 3 is 2.20 bits per heavy atom. The molecule has 3 aromatic rings. The van der Waals surface area contributed by atoms with Crippen LogP contribution in [0.5, 0.6) is 11.5 Å². The largest absolute Gasteiger partial charge is 0.497 e. The van der Waals surface area contributed by atoms with E-state index in [0.29, 0.717) is 22.9 Å². The van der Waals surface area contributed by atoms with Crippen molar-refractivity contribution in [3.8, 4) is 11.5 Å². The van der Waals surface area contributed by atoms with Crippen molar-refractivity contribution in [1.29, 1.82) is 0 Å². The zero-order valence-corrected chi connectivity index (χ0v) is 17.9. The Morgan fingerprint density at radius 2 is 1.57 bits per heavy atom. The van der Waals surface area contributed by atoms with Crippen molar-refractivity contribution in [2.45, 2.75) is 24.0 Å². The number of anilines is 4. The lowest BCUT2D eigenvalue weighted by atomic mass is 10.2. The minimum atomic E-state index is -3.48. The molecule has 2 aromatic carbocycles. The Morgan fingerprint density at radius 1 is 0.900 bits per heavy atom. The lowest BCUT2D eigenvalue weighted by Crippen LogP contribution is -2.16. The number of hydrogen-bond donors (Lipinski definition) is 2. The first-order chi connectivity index (χ1) is 14.3. The molecule has 0 aliphatic heterocycles. The summed E-state index contributed by atoms with van der Waals surface area (Å²) in [6, 6.07) is 11.9. The number of ether oxygens (including phenoxy) is 2. The molecule has 0 unspecified atom stereocenters. The van der Waals surface area contributed by atoms with Crippen LogP contribution in [0.3, 0.4) is 0 Å². The van der Waals surface area contributed by atoms with Crippen LogP contribution in [0.15, 0.2) is 53.7 Å². The molecule has 0 saturated carbocycles. The fourth-order valence-electron chi connectivity index (χ4n) is 2.64. The molecule has 0 fully saturated rings. The van der Waals surface area contributed by atoms with Crippen molar-refractivity contribution in [3.63, 3.8) is 0 Å². The Bertz CT molecular complexity index is 1140. The Hall–Kier alpha value is -3.40. The van der Waals surface area contributed by atoms with E-state index in [1.54, 1.807) is 70.5 Å². The van der Waals surface area contributed by atoms with E-state index in [9.17, 15) is 8.42 Å². The van der Waals surface area contributed by atoms with Gasteiger partial charge >= 0.3 is 0 Å². The molecule has 0 bridgehead atoms. The van der Waals surface area contributed by atoms with Crippen molar-refractivity contribution in [3.05, 3.63) is 48.8 Å². The molecule has 9 nitrogen and oxygen atoms in total. The van der Waals surface area contributed by atoms with E-state index in [-0.39, 0.29) is 16.8 Å². The van der Waals surface area contributed by atoms with Crippen LogP contribution in [0.2, 0.25) is 0 Å². The van der Waals surface area contributed by atoms with Gasteiger partial charge in [0.05, 0.1) is 35.7 Å². The predicted octanol–water partition coefficient (Wildman–Crippen LogP) is 3.56. The molecule has 0 atom stereocenters. The first-order valence-electron chi connectivity index (χ1n) is 9.13. The molecule has 2 N–H and O–H groups in total. The number of para-hydroxylation sites is 1. The number of hydrogen-bond acceptors (Lipinski definition) is 9. The number of sulfone groups is 1. The maximum Gasteiger partial charge on any atom is 0.232 e. The zero-order valence-electron chi connectivity index (χ0n) is 17.1. The zero-order chi connectivity index (χ0) is 21.7. The van der Waals surface area contributed by atoms with Crippen LogP contribution >= 0.6 is 0 Å². The molecule has 0 saturated heterocycles. The fraction of sp³-hybridized carbons (Fsp3) is 0.250. The Kier molecular flexibility index (Phi) is 6.36. The van der Waals surface area contributed by atoms with Gasteiger partial charge in [-0.3, -0.25) is 0 Å². The van der Waals surface area contributed by atoms with Gasteiger partial charge in [-0.1, -0.05) is 12.1 Å². The van der Waals surface area contributed by atoms with Crippen molar-refractivity contribution in [1.82, 2.24) is 15.0 Å². The number of aromatic nitrogens is 3. The van der Waals surface area contributed by atoms with Crippen LogP contribution in [0.4, 0.5) is 23.3 Å². The normalized spacial score (nSPS) is 11.2. The summed E-state index contributed by atoms with van der Waals surface area (Å²) in [5.74, 6) is 1.67. The molecular weight excluding hydrogens is 406 g/mol. The highest BCUT2D eigenvalue weighted by Crippen LogP contribution is 2.31. The molecule has 0 amide bonds. The van der Waals surface area contributed by atoms with Gasteiger partial charge in [-0.2, -0.15) is 4.98 Å². The van der Waals surface area contributed by atoms with Gasteiger partial charge in [-0.05, 0) is 38.1 Å². The lowest BCUT2D eigenvalue weighted by molar-refractivity contribution is 0.405. The molecule has 158 valence electrons. The number of nitrogens with zero attached hydrogens (tertiary/aromatic N) is 3. The SMILES string of the molecule is COc1ccc(OC)c(Nc2ncnc(Nc3ccccc3S(=O)(=O)C(C)C)n2)c1. The summed E-state index contributed by atoms with van der Waals surface area (Å²) in [4.78, 5) is 12.7. The van der Waals surface area contributed by atoms with Crippen LogP contribution < -0.4 is 20.1 Å². The first kappa shape index (κ1) is 21.3. The summed E-state index contributed by atoms with van der Waals surface area (Å²) in [5, 5.41) is 5.48. The highest BCUT2D eigenvalue weighted by Gasteiger charge is 2.22. The van der Waals surface area contributed by atoms with Gasteiger partial charge in [0.15, 0.2) is 9.84 Å². The first-order valence-corrected chi connectivity index (χ1v) is 10.7. The Labute approximate surface area is 175 Å². The topological polar surface area (TPSA) is 115 Å². The summed E-state index contributed by atoms with van der Waals surface area (Å²) in [6.07, 6.45) is 1.32. The minimum absolute atomic E-state index is 0.185. The molecule has 30 heavy (non-hydrogen) atoms. The van der Waals surface area contributed by atoms with Gasteiger partial charge in [0.1, 0.15) is 17.8 Å². The molecule has 3 rings (SSSR count). The minimum Gasteiger partial charge on any atom is -0.497 e. The van der Waals surface area contributed by atoms with Gasteiger partial charge in [-0.25, -0.2) is 18.4 Å². The Balaban J connectivity index is 1.90. The number of nitrogens with one attached hydrogen (secondary N) is 2. The van der Waals surface area contributed by atoms with E-state index in [4.69, 9.17) is 9.47 Å². The molecule has 0 spiro atoms. The van der Waals surface area contributed by atoms with Crippen LogP contribution in [-0.2, 0) is 9.84 Å². The highest BCUT2D eigenvalue weighted by atomic mass is 32.2. The van der Waals surface area contributed by atoms with E-state index >= 15 is 0 Å². The third-order valence-electron chi connectivity index (χ3n) is 4.29. The van der Waals surface area contributed by atoms with E-state index in [1.165, 1.54) is 6.33 Å². The highest BCUT2D eigenvalue weighted by molar-refractivity contribution is 7.92. The molecule has 1 heterocycles. The molecule has 0 radical (unpaired) electrons. The van der Waals surface area contributed by atoms with Crippen molar-refractivity contribution in [2.75, 3.05) is 24.9 Å². The second-order valence-corrected chi connectivity index (χ2v) is 9.01. The number of methoxy groups -OCH3 is 2. The van der Waals surface area contributed by atoms with Gasteiger partial charge < -0.3 is 20.1 Å². The van der Waals surface area contributed by atoms with Gasteiger partial charge in [0.25, 0.3) is 0 Å². The van der Waals surface area contributed by atoms with Crippen molar-refractivity contribution < 1.29 is 17.9 Å². The summed E-state index contributed by atoms with van der Waals surface area (Å²) in [7, 11) is -0.359. The second kappa shape index (κ2) is 8.95. The quantitative estimate of drug-likeness (QED) is 0.554. The van der Waals surface area contributed by atoms with Crippen molar-refractivity contribution in [2.24, 2.45) is 0 Å². The monoisotopic (exact) mass is 429 g/mol. The third kappa shape index (κ3) is 4.60. The predicted molar refractivity (Wildman–Crippen MR) is 115 cm³/mol. The summed E-state index contributed by atoms with van der Waals surface area (Å²) in [6.45, 7) is 3.27. The summed E-state index contributed by atoms with van der Waals surface area (Å²) < 4.78 is 35.9. The number of rotatable bonds is 8. The molecule has 0 aliphatic carbocycles. The van der Waals surface area contributed by atoms with Crippen LogP contribution in [-0.4, -0.2) is 42.8 Å². The van der Waals surface area contributed by atoms with Crippen LogP contribution in [0.1, 0.15) is 13.8 Å². The molecular formula is C20H23N5O4S. The lowest BCUT2D eigenvalue weighted by Gasteiger charge is -2.14. The van der Waals surface area contributed by atoms with E-state index in [1.807, 2.05) is 0 Å². The smallest absolute Gasteiger partial charge is 0.232 e. The molecule has 10 heteroatoms. The van der Waals surface area contributed by atoms with E-state index in [0.717, 1.165) is 0 Å². The standard InChI is InChI=1S/C20H23N5O4S/c1-13(2)30(26,27)18-8-6-5-7-15(18)23-19-21-12-22-20(25-19)24-16-11-14(28-3)9-10-17(16)29-4/h5-13H,1-4H3,(H2,21,22,23,24,25). The van der Waals surface area contributed by atoms with Crippen molar-refractivity contribution >= 4 is 33.1 Å². The fourth-order valence-corrected chi connectivity index (χ4v) is 3.84. The molecule has 0 aliphatic rings. The van der Waals surface area contributed by atoms with Gasteiger partial charge in [-0.15, -0.1) is 0 Å². The molecule has 1 aromatic heterocycles. The van der Waals surface area contributed by atoms with E-state index < -0.39 is 15.1 Å². The van der Waals surface area contributed by atoms with E-state index in [2.05, 4.69) is 25.6 Å².